The molecule has 3 rings (SSSR count). The van der Waals surface area contributed by atoms with Crippen molar-refractivity contribution in [1.29, 1.82) is 0 Å². The summed E-state index contributed by atoms with van der Waals surface area (Å²) in [6, 6.07) is 0. The highest BCUT2D eigenvalue weighted by molar-refractivity contribution is 5.80. The number of hydrogen-bond donors (Lipinski definition) is 2. The Morgan fingerprint density at radius 1 is 1.29 bits per heavy atom. The number of aromatic amines is 1. The largest absolute Gasteiger partial charge is 0.382 e. The summed E-state index contributed by atoms with van der Waals surface area (Å²) in [5.74, 6) is 1.41. The molecule has 0 aliphatic carbocycles. The Hall–Kier alpha value is -1.69. The fraction of sp³-hybridized carbons (Fsp3) is 0.545. The number of nitrogens with zero attached hydrogens (tertiary/aromatic N) is 4. The number of H-pyrrole nitrogens is 1. The SMILES string of the molecule is Nc1ncnc2nc(CCN3CCCC3)[nH]c12. The van der Waals surface area contributed by atoms with Crippen LogP contribution in [0.1, 0.15) is 18.7 Å². The molecule has 0 radical (unpaired) electrons. The van der Waals surface area contributed by atoms with Crippen molar-refractivity contribution in [1.82, 2.24) is 24.8 Å². The second kappa shape index (κ2) is 4.29. The van der Waals surface area contributed by atoms with Gasteiger partial charge in [-0.25, -0.2) is 15.0 Å². The Morgan fingerprint density at radius 3 is 2.88 bits per heavy atom. The first-order chi connectivity index (χ1) is 8.33. The quantitative estimate of drug-likeness (QED) is 0.808. The van der Waals surface area contributed by atoms with E-state index in [4.69, 9.17) is 5.73 Å². The molecule has 2 aromatic heterocycles. The van der Waals surface area contributed by atoms with Gasteiger partial charge in [-0.15, -0.1) is 0 Å². The highest BCUT2D eigenvalue weighted by Gasteiger charge is 2.13. The molecule has 0 aromatic carbocycles. The molecular weight excluding hydrogens is 216 g/mol. The van der Waals surface area contributed by atoms with Crippen LogP contribution in [0.4, 0.5) is 5.82 Å². The molecule has 0 bridgehead atoms. The zero-order valence-electron chi connectivity index (χ0n) is 9.69. The monoisotopic (exact) mass is 232 g/mol. The molecule has 6 nitrogen and oxygen atoms in total. The lowest BCUT2D eigenvalue weighted by Gasteiger charge is -2.12. The van der Waals surface area contributed by atoms with Crippen molar-refractivity contribution < 1.29 is 0 Å². The van der Waals surface area contributed by atoms with Gasteiger partial charge in [0.05, 0.1) is 0 Å². The molecule has 0 atom stereocenters. The van der Waals surface area contributed by atoms with E-state index in [2.05, 4.69) is 24.8 Å². The Morgan fingerprint density at radius 2 is 2.12 bits per heavy atom. The third-order valence-corrected chi connectivity index (χ3v) is 3.23. The summed E-state index contributed by atoms with van der Waals surface area (Å²) in [5.41, 5.74) is 7.17. The average molecular weight is 232 g/mol. The molecule has 6 heteroatoms. The summed E-state index contributed by atoms with van der Waals surface area (Å²) in [6.45, 7) is 3.47. The number of aromatic nitrogens is 4. The summed E-state index contributed by atoms with van der Waals surface area (Å²) >= 11 is 0. The minimum Gasteiger partial charge on any atom is -0.382 e. The maximum Gasteiger partial charge on any atom is 0.183 e. The van der Waals surface area contributed by atoms with Crippen LogP contribution in [0.25, 0.3) is 11.2 Å². The molecular formula is C11H16N6. The van der Waals surface area contributed by atoms with Gasteiger partial charge >= 0.3 is 0 Å². The molecule has 1 saturated heterocycles. The molecule has 17 heavy (non-hydrogen) atoms. The molecule has 1 fully saturated rings. The number of hydrogen-bond acceptors (Lipinski definition) is 5. The Labute approximate surface area is 99.3 Å². The lowest BCUT2D eigenvalue weighted by atomic mass is 10.4. The molecule has 0 saturated carbocycles. The van der Waals surface area contributed by atoms with Gasteiger partial charge in [-0.05, 0) is 25.9 Å². The number of imidazole rings is 1. The number of nitrogen functional groups attached to an aromatic ring is 1. The third kappa shape index (κ3) is 2.08. The molecule has 3 N–H and O–H groups in total. The van der Waals surface area contributed by atoms with E-state index >= 15 is 0 Å². The first kappa shape index (κ1) is 10.5. The van der Waals surface area contributed by atoms with Crippen molar-refractivity contribution in [2.45, 2.75) is 19.3 Å². The van der Waals surface area contributed by atoms with E-state index in [9.17, 15) is 0 Å². The van der Waals surface area contributed by atoms with Crippen LogP contribution in [0.3, 0.4) is 0 Å². The predicted molar refractivity (Wildman–Crippen MR) is 65.5 cm³/mol. The topological polar surface area (TPSA) is 83.7 Å². The van der Waals surface area contributed by atoms with E-state index in [0.717, 1.165) is 24.3 Å². The van der Waals surface area contributed by atoms with Crippen LogP contribution in [-0.4, -0.2) is 44.5 Å². The van der Waals surface area contributed by atoms with E-state index in [1.807, 2.05) is 0 Å². The first-order valence-corrected chi connectivity index (χ1v) is 6.00. The van der Waals surface area contributed by atoms with Crippen LogP contribution in [0, 0.1) is 0 Å². The van der Waals surface area contributed by atoms with Crippen molar-refractivity contribution in [3.05, 3.63) is 12.2 Å². The van der Waals surface area contributed by atoms with Gasteiger partial charge in [0.25, 0.3) is 0 Å². The van der Waals surface area contributed by atoms with Crippen LogP contribution < -0.4 is 5.73 Å². The van der Waals surface area contributed by atoms with Gasteiger partial charge < -0.3 is 15.6 Å². The highest BCUT2D eigenvalue weighted by atomic mass is 15.1. The van der Waals surface area contributed by atoms with Gasteiger partial charge in [0.1, 0.15) is 17.7 Å². The summed E-state index contributed by atoms with van der Waals surface area (Å²) in [4.78, 5) is 18.1. The minimum absolute atomic E-state index is 0.468. The molecule has 3 heterocycles. The zero-order valence-corrected chi connectivity index (χ0v) is 9.69. The van der Waals surface area contributed by atoms with E-state index in [1.54, 1.807) is 0 Å². The molecule has 1 aliphatic rings. The normalized spacial score (nSPS) is 16.9. The van der Waals surface area contributed by atoms with Crippen molar-refractivity contribution >= 4 is 17.0 Å². The maximum absolute atomic E-state index is 5.76. The van der Waals surface area contributed by atoms with Crippen molar-refractivity contribution in [3.63, 3.8) is 0 Å². The van der Waals surface area contributed by atoms with Crippen molar-refractivity contribution in [2.24, 2.45) is 0 Å². The second-order valence-electron chi connectivity index (χ2n) is 4.44. The standard InChI is InChI=1S/C11H16N6/c12-10-9-11(14-7-13-10)16-8(15-9)3-6-17-4-1-2-5-17/h7H,1-6H2,(H3,12,13,14,15,16). The fourth-order valence-electron chi connectivity index (χ4n) is 2.28. The molecule has 0 unspecified atom stereocenters. The Bertz CT molecular complexity index is 514. The van der Waals surface area contributed by atoms with Gasteiger partial charge in [0, 0.05) is 13.0 Å². The summed E-state index contributed by atoms with van der Waals surface area (Å²) < 4.78 is 0. The molecule has 0 amide bonds. The lowest BCUT2D eigenvalue weighted by molar-refractivity contribution is 0.341. The van der Waals surface area contributed by atoms with Crippen LogP contribution in [0.2, 0.25) is 0 Å². The predicted octanol–water partition coefficient (Wildman–Crippen LogP) is 0.573. The zero-order chi connectivity index (χ0) is 11.7. The van der Waals surface area contributed by atoms with Gasteiger partial charge in [0.15, 0.2) is 11.5 Å². The summed E-state index contributed by atoms with van der Waals surface area (Å²) in [7, 11) is 0. The number of nitrogens with one attached hydrogen (secondary N) is 1. The molecule has 1 aliphatic heterocycles. The van der Waals surface area contributed by atoms with E-state index in [-0.39, 0.29) is 0 Å². The molecule has 90 valence electrons. The van der Waals surface area contributed by atoms with Crippen LogP contribution in [0.5, 0.6) is 0 Å². The number of likely N-dealkylation sites (tertiary alicyclic amines) is 1. The second-order valence-corrected chi connectivity index (χ2v) is 4.44. The lowest BCUT2D eigenvalue weighted by Crippen LogP contribution is -2.22. The van der Waals surface area contributed by atoms with E-state index in [1.165, 1.54) is 32.3 Å². The van der Waals surface area contributed by atoms with Gasteiger partial charge in [0.2, 0.25) is 0 Å². The summed E-state index contributed by atoms with van der Waals surface area (Å²) in [6.07, 6.45) is 5.00. The third-order valence-electron chi connectivity index (χ3n) is 3.23. The van der Waals surface area contributed by atoms with Gasteiger partial charge in [-0.1, -0.05) is 0 Å². The number of nitrogens with two attached hydrogens (primary N) is 1. The van der Waals surface area contributed by atoms with Crippen LogP contribution in [-0.2, 0) is 6.42 Å². The number of anilines is 1. The highest BCUT2D eigenvalue weighted by Crippen LogP contribution is 2.14. The summed E-state index contributed by atoms with van der Waals surface area (Å²) in [5, 5.41) is 0. The first-order valence-electron chi connectivity index (χ1n) is 6.00. The molecule has 0 spiro atoms. The van der Waals surface area contributed by atoms with Crippen molar-refractivity contribution in [2.75, 3.05) is 25.4 Å². The van der Waals surface area contributed by atoms with Crippen molar-refractivity contribution in [3.8, 4) is 0 Å². The average Bonchev–Trinajstić information content (AvgIpc) is 2.95. The van der Waals surface area contributed by atoms with E-state index in [0.29, 0.717) is 11.5 Å². The number of rotatable bonds is 3. The maximum atomic E-state index is 5.76. The van der Waals surface area contributed by atoms with Crippen LogP contribution >= 0.6 is 0 Å². The Kier molecular flexibility index (Phi) is 2.64. The fourth-order valence-corrected chi connectivity index (χ4v) is 2.28. The van der Waals surface area contributed by atoms with Gasteiger partial charge in [-0.3, -0.25) is 0 Å². The van der Waals surface area contributed by atoms with Gasteiger partial charge in [-0.2, -0.15) is 0 Å². The Balaban J connectivity index is 1.74. The minimum atomic E-state index is 0.468. The number of fused-ring (bicyclic) bond motifs is 1. The smallest absolute Gasteiger partial charge is 0.183 e. The van der Waals surface area contributed by atoms with Crippen LogP contribution in [0.15, 0.2) is 6.33 Å². The molecule has 2 aromatic rings. The van der Waals surface area contributed by atoms with E-state index < -0.39 is 0 Å².